The van der Waals surface area contributed by atoms with Gasteiger partial charge in [-0.1, -0.05) is 64.3 Å². The van der Waals surface area contributed by atoms with Crippen molar-refractivity contribution < 1.29 is 18.9 Å². The molecule has 0 radical (unpaired) electrons. The quantitative estimate of drug-likeness (QED) is 0.109. The molecule has 3 aromatic carbocycles. The minimum Gasteiger partial charge on any atom is -0.493 e. The van der Waals surface area contributed by atoms with Crippen LogP contribution in [0.4, 0.5) is 5.69 Å². The first kappa shape index (κ1) is 32.0. The van der Waals surface area contributed by atoms with E-state index in [1.807, 2.05) is 48.5 Å². The predicted molar refractivity (Wildman–Crippen MR) is 175 cm³/mol. The van der Waals surface area contributed by atoms with E-state index in [1.54, 1.807) is 12.1 Å². The second kappa shape index (κ2) is 15.5. The molecule has 0 saturated heterocycles. The molecule has 224 valence electrons. The molecular weight excluding hydrogens is 565 g/mol. The van der Waals surface area contributed by atoms with Gasteiger partial charge in [-0.3, -0.25) is 9.59 Å². The van der Waals surface area contributed by atoms with Crippen LogP contribution in [-0.2, 0) is 10.2 Å². The summed E-state index contributed by atoms with van der Waals surface area (Å²) in [6.45, 7) is 7.64. The number of nitrogens with one attached hydrogen (secondary N) is 2. The van der Waals surface area contributed by atoms with E-state index in [4.69, 9.17) is 9.29 Å². The summed E-state index contributed by atoms with van der Waals surface area (Å²) in [5, 5.41) is 5.37. The normalized spacial score (nSPS) is 14.7. The number of thioether (sulfide) groups is 1. The maximum absolute atomic E-state index is 13.7. The van der Waals surface area contributed by atoms with Crippen LogP contribution < -0.4 is 15.4 Å². The minimum atomic E-state index is -0.498. The van der Waals surface area contributed by atoms with Crippen LogP contribution in [0.1, 0.15) is 79.6 Å². The fraction of sp³-hybridized carbons (Fsp3) is 0.412. The summed E-state index contributed by atoms with van der Waals surface area (Å²) >= 11 is 2.14. The van der Waals surface area contributed by atoms with E-state index < -0.39 is 5.25 Å². The molecular formula is C34H42N2O4S2. The van der Waals surface area contributed by atoms with Crippen molar-refractivity contribution in [1.29, 1.82) is 0 Å². The number of carbonyl (C=O) groups excluding carboxylic acids is 2. The standard InChI is InChI=1S/C34H42N2O4S2/c1-34(2,3)27-13-9-25(10-14-27)31(42-30-19-11-26(12-20-30)32(37)35-21-22-41-39)33(38)36-28-15-17-29(18-16-28)40-23-24-7-5-4-6-8-24/h9-20,24,31,39H,4-8,21-23H2,1-3H3,(H,35,37)(H,36,38). The topological polar surface area (TPSA) is 87.7 Å². The van der Waals surface area contributed by atoms with Gasteiger partial charge in [-0.25, -0.2) is 0 Å². The van der Waals surface area contributed by atoms with E-state index in [-0.39, 0.29) is 17.2 Å². The number of ether oxygens (including phenoxy) is 1. The van der Waals surface area contributed by atoms with Gasteiger partial charge >= 0.3 is 0 Å². The third-order valence-electron chi connectivity index (χ3n) is 7.50. The monoisotopic (exact) mass is 606 g/mol. The van der Waals surface area contributed by atoms with Crippen molar-refractivity contribution in [2.75, 3.05) is 24.2 Å². The molecule has 0 spiro atoms. The van der Waals surface area contributed by atoms with Crippen molar-refractivity contribution in [3.63, 3.8) is 0 Å². The molecule has 6 nitrogen and oxygen atoms in total. The Morgan fingerprint density at radius 1 is 0.929 bits per heavy atom. The summed E-state index contributed by atoms with van der Waals surface area (Å²) in [5.74, 6) is 1.57. The van der Waals surface area contributed by atoms with Crippen LogP contribution in [0.3, 0.4) is 0 Å². The lowest BCUT2D eigenvalue weighted by Crippen LogP contribution is -2.25. The van der Waals surface area contributed by atoms with Gasteiger partial charge in [0.2, 0.25) is 5.91 Å². The Kier molecular flexibility index (Phi) is 11.8. The van der Waals surface area contributed by atoms with E-state index in [2.05, 4.69) is 43.5 Å². The molecule has 8 heteroatoms. The first-order valence-electron chi connectivity index (χ1n) is 14.7. The zero-order chi connectivity index (χ0) is 30.0. The summed E-state index contributed by atoms with van der Waals surface area (Å²) in [6, 6.07) is 23.1. The molecule has 42 heavy (non-hydrogen) atoms. The first-order valence-corrected chi connectivity index (χ1v) is 16.5. The van der Waals surface area contributed by atoms with Crippen molar-refractivity contribution in [3.05, 3.63) is 89.5 Å². The Bertz CT molecular complexity index is 1280. The minimum absolute atomic E-state index is 0.0104. The highest BCUT2D eigenvalue weighted by atomic mass is 32.2. The van der Waals surface area contributed by atoms with Crippen molar-refractivity contribution in [3.8, 4) is 5.75 Å². The maximum Gasteiger partial charge on any atom is 0.251 e. The molecule has 0 aliphatic heterocycles. The average Bonchev–Trinajstić information content (AvgIpc) is 3.00. The molecule has 2 amide bonds. The zero-order valence-electron chi connectivity index (χ0n) is 24.7. The third-order valence-corrected chi connectivity index (χ3v) is 9.15. The van der Waals surface area contributed by atoms with Crippen molar-refractivity contribution in [1.82, 2.24) is 5.32 Å². The molecule has 3 N–H and O–H groups in total. The highest BCUT2D eigenvalue weighted by Gasteiger charge is 2.24. The van der Waals surface area contributed by atoms with Crippen LogP contribution in [0.25, 0.3) is 0 Å². The van der Waals surface area contributed by atoms with Gasteiger partial charge in [0.05, 0.1) is 6.61 Å². The molecule has 1 aliphatic carbocycles. The summed E-state index contributed by atoms with van der Waals surface area (Å²) in [6.07, 6.45) is 6.40. The van der Waals surface area contributed by atoms with Crippen LogP contribution >= 0.6 is 23.8 Å². The highest BCUT2D eigenvalue weighted by molar-refractivity contribution is 8.00. The zero-order valence-corrected chi connectivity index (χ0v) is 26.4. The van der Waals surface area contributed by atoms with Crippen molar-refractivity contribution in [2.24, 2.45) is 5.92 Å². The molecule has 1 unspecified atom stereocenters. The molecule has 1 saturated carbocycles. The molecule has 1 fully saturated rings. The molecule has 0 bridgehead atoms. The van der Waals surface area contributed by atoms with E-state index in [9.17, 15) is 9.59 Å². The van der Waals surface area contributed by atoms with E-state index >= 15 is 0 Å². The molecule has 1 atom stereocenters. The van der Waals surface area contributed by atoms with Crippen molar-refractivity contribution in [2.45, 2.75) is 68.4 Å². The van der Waals surface area contributed by atoms with Gasteiger partial charge in [0, 0.05) is 28.4 Å². The van der Waals surface area contributed by atoms with E-state index in [0.29, 0.717) is 35.8 Å². The Balaban J connectivity index is 1.45. The summed E-state index contributed by atoms with van der Waals surface area (Å²) in [4.78, 5) is 26.9. The lowest BCUT2D eigenvalue weighted by atomic mass is 9.86. The lowest BCUT2D eigenvalue weighted by Gasteiger charge is -2.22. The van der Waals surface area contributed by atoms with Gasteiger partial charge in [-0.15, -0.1) is 11.8 Å². The Morgan fingerprint density at radius 2 is 1.60 bits per heavy atom. The number of hydrogen-bond acceptors (Lipinski definition) is 6. The van der Waals surface area contributed by atoms with Gasteiger partial charge in [-0.05, 0) is 95.9 Å². The number of carbonyl (C=O) groups is 2. The van der Waals surface area contributed by atoms with Gasteiger partial charge in [0.25, 0.3) is 5.91 Å². The molecule has 3 aromatic rings. The summed E-state index contributed by atoms with van der Waals surface area (Å²) in [5.41, 5.74) is 3.37. The summed E-state index contributed by atoms with van der Waals surface area (Å²) < 4.78 is 14.9. The predicted octanol–water partition coefficient (Wildman–Crippen LogP) is 8.35. The van der Waals surface area contributed by atoms with Crippen molar-refractivity contribution >= 4 is 41.3 Å². The fourth-order valence-corrected chi connectivity index (χ4v) is 6.19. The van der Waals surface area contributed by atoms with Gasteiger partial charge < -0.3 is 19.9 Å². The smallest absolute Gasteiger partial charge is 0.251 e. The molecule has 4 rings (SSSR count). The second-order valence-electron chi connectivity index (χ2n) is 11.8. The second-order valence-corrected chi connectivity index (χ2v) is 13.7. The number of rotatable bonds is 12. The van der Waals surface area contributed by atoms with Crippen LogP contribution in [0.5, 0.6) is 5.75 Å². The van der Waals surface area contributed by atoms with Crippen LogP contribution in [-0.4, -0.2) is 35.3 Å². The average molecular weight is 607 g/mol. The fourth-order valence-electron chi connectivity index (χ4n) is 4.97. The number of hydrogen-bond donors (Lipinski definition) is 3. The van der Waals surface area contributed by atoms with Gasteiger partial charge in [0.1, 0.15) is 11.0 Å². The largest absolute Gasteiger partial charge is 0.493 e. The number of anilines is 1. The van der Waals surface area contributed by atoms with E-state index in [0.717, 1.165) is 28.5 Å². The maximum atomic E-state index is 13.7. The lowest BCUT2D eigenvalue weighted by molar-refractivity contribution is -0.115. The number of amides is 2. The third kappa shape index (κ3) is 9.54. The Morgan fingerprint density at radius 3 is 2.21 bits per heavy atom. The SMILES string of the molecule is CC(C)(C)c1ccc(C(Sc2ccc(C(=O)NCCSO)cc2)C(=O)Nc2ccc(OCC3CCCCC3)cc2)cc1. The molecule has 0 aromatic heterocycles. The van der Waals surface area contributed by atoms with Gasteiger partial charge in [-0.2, -0.15) is 0 Å². The van der Waals surface area contributed by atoms with Crippen LogP contribution in [0.2, 0.25) is 0 Å². The Hall–Kier alpha value is -2.94. The highest BCUT2D eigenvalue weighted by Crippen LogP contribution is 2.37. The first-order chi connectivity index (χ1) is 20.2. The molecule has 1 aliphatic rings. The van der Waals surface area contributed by atoms with Crippen LogP contribution in [0, 0.1) is 5.92 Å². The Labute approximate surface area is 258 Å². The summed E-state index contributed by atoms with van der Waals surface area (Å²) in [7, 11) is 0. The van der Waals surface area contributed by atoms with Crippen LogP contribution in [0.15, 0.2) is 77.7 Å². The van der Waals surface area contributed by atoms with E-state index in [1.165, 1.54) is 49.4 Å². The number of benzene rings is 3. The van der Waals surface area contributed by atoms with Gasteiger partial charge in [0.15, 0.2) is 0 Å². The molecule has 0 heterocycles.